The van der Waals surface area contributed by atoms with Crippen molar-refractivity contribution < 1.29 is 67.7 Å². The van der Waals surface area contributed by atoms with E-state index in [0.29, 0.717) is 24.8 Å². The van der Waals surface area contributed by atoms with Crippen LogP contribution < -0.4 is 67.7 Å². The van der Waals surface area contributed by atoms with E-state index >= 15 is 0 Å². The Bertz CT molecular complexity index is 219. The molecule has 4 heteroatoms. The molecule has 80 valence electrons. The van der Waals surface area contributed by atoms with E-state index in [1.54, 1.807) is 12.3 Å². The fourth-order valence-electron chi connectivity index (χ4n) is 0.836. The quantitative estimate of drug-likeness (QED) is 0.613. The van der Waals surface area contributed by atoms with Crippen LogP contribution in [0.3, 0.4) is 0 Å². The molecule has 0 bridgehead atoms. The number of nitrogens with zero attached hydrogens (tertiary/aromatic N) is 1. The number of rotatable bonds is 0. The third kappa shape index (κ3) is 6.66. The van der Waals surface area contributed by atoms with Gasteiger partial charge in [-0.15, -0.1) is 0 Å². The SMILES string of the molecule is CC.CC.[Rb+].[c-]1cnc2c(c1)OCCO2. The van der Waals surface area contributed by atoms with E-state index in [9.17, 15) is 0 Å². The van der Waals surface area contributed by atoms with Crippen molar-refractivity contribution >= 4 is 0 Å². The summed E-state index contributed by atoms with van der Waals surface area (Å²) in [7, 11) is 0. The van der Waals surface area contributed by atoms with E-state index in [1.807, 2.05) is 27.7 Å². The van der Waals surface area contributed by atoms with Crippen LogP contribution in [0.5, 0.6) is 11.6 Å². The Morgan fingerprint density at radius 1 is 1.13 bits per heavy atom. The fraction of sp³-hybridized carbons (Fsp3) is 0.545. The fourth-order valence-corrected chi connectivity index (χ4v) is 0.836. The second-order valence-electron chi connectivity index (χ2n) is 1.94. The summed E-state index contributed by atoms with van der Waals surface area (Å²) in [5.41, 5.74) is 0. The van der Waals surface area contributed by atoms with Gasteiger partial charge in [0.1, 0.15) is 6.61 Å². The van der Waals surface area contributed by atoms with Crippen molar-refractivity contribution in [3.63, 3.8) is 0 Å². The molecular weight excluding hydrogens is 264 g/mol. The standard InChI is InChI=1S/C7H6NO2.2C2H6.Rb/c1-2-6-7(8-3-1)10-5-4-9-6;2*1-2;/h2-3H,4-5H2;2*1-2H3;/q-1;;;+1. The average Bonchev–Trinajstić information content (AvgIpc) is 2.34. The second kappa shape index (κ2) is 12.6. The minimum absolute atomic E-state index is 0. The van der Waals surface area contributed by atoms with Crippen molar-refractivity contribution in [1.82, 2.24) is 4.98 Å². The van der Waals surface area contributed by atoms with Gasteiger partial charge in [-0.25, -0.2) is 6.07 Å². The number of aromatic nitrogens is 1. The molecule has 1 aromatic heterocycles. The maximum atomic E-state index is 5.20. The molecule has 0 unspecified atom stereocenters. The minimum Gasteiger partial charge on any atom is -0.570 e. The Labute approximate surface area is 141 Å². The molecular formula is C11H18NO2Rb. The topological polar surface area (TPSA) is 31.4 Å². The molecule has 0 amide bonds. The first kappa shape index (κ1) is 17.9. The van der Waals surface area contributed by atoms with Crippen molar-refractivity contribution in [3.05, 3.63) is 18.3 Å². The van der Waals surface area contributed by atoms with Gasteiger partial charge in [-0.1, -0.05) is 33.9 Å². The van der Waals surface area contributed by atoms with Gasteiger partial charge < -0.3 is 9.47 Å². The predicted molar refractivity (Wildman–Crippen MR) is 56.8 cm³/mol. The summed E-state index contributed by atoms with van der Waals surface area (Å²) in [6, 6.07) is 4.53. The van der Waals surface area contributed by atoms with Crippen LogP contribution in [0.15, 0.2) is 12.3 Å². The Morgan fingerprint density at radius 2 is 1.73 bits per heavy atom. The first-order chi connectivity index (χ1) is 6.97. The van der Waals surface area contributed by atoms with Crippen molar-refractivity contribution in [1.29, 1.82) is 0 Å². The molecule has 3 nitrogen and oxygen atoms in total. The molecule has 2 heterocycles. The summed E-state index contributed by atoms with van der Waals surface area (Å²) in [6.07, 6.45) is 1.56. The van der Waals surface area contributed by atoms with Crippen LogP contribution in [-0.2, 0) is 0 Å². The van der Waals surface area contributed by atoms with Crippen LogP contribution in [0.2, 0.25) is 0 Å². The molecule has 2 rings (SSSR count). The average molecular weight is 282 g/mol. The Morgan fingerprint density at radius 3 is 2.33 bits per heavy atom. The van der Waals surface area contributed by atoms with E-state index in [-0.39, 0.29) is 58.2 Å². The van der Waals surface area contributed by atoms with Gasteiger partial charge in [0, 0.05) is 5.75 Å². The second-order valence-corrected chi connectivity index (χ2v) is 1.94. The van der Waals surface area contributed by atoms with Crippen LogP contribution in [-0.4, -0.2) is 18.2 Å². The van der Waals surface area contributed by atoms with Crippen LogP contribution in [0.1, 0.15) is 27.7 Å². The summed E-state index contributed by atoms with van der Waals surface area (Å²) in [6.45, 7) is 9.19. The van der Waals surface area contributed by atoms with Gasteiger partial charge in [-0.2, -0.15) is 6.07 Å². The monoisotopic (exact) mass is 281 g/mol. The van der Waals surface area contributed by atoms with E-state index in [0.717, 1.165) is 0 Å². The molecule has 0 radical (unpaired) electrons. The largest absolute Gasteiger partial charge is 1.00 e. The van der Waals surface area contributed by atoms with Gasteiger partial charge in [0.15, 0.2) is 5.88 Å². The van der Waals surface area contributed by atoms with E-state index in [2.05, 4.69) is 11.1 Å². The van der Waals surface area contributed by atoms with Gasteiger partial charge in [0.25, 0.3) is 0 Å². The first-order valence-corrected chi connectivity index (χ1v) is 5.08. The smallest absolute Gasteiger partial charge is 0.570 e. The van der Waals surface area contributed by atoms with E-state index in [4.69, 9.17) is 9.47 Å². The summed E-state index contributed by atoms with van der Waals surface area (Å²) >= 11 is 0. The Hall–Kier alpha value is 0.555. The molecule has 0 saturated carbocycles. The van der Waals surface area contributed by atoms with Gasteiger partial charge in [0.2, 0.25) is 0 Å². The van der Waals surface area contributed by atoms with Crippen molar-refractivity contribution in [3.8, 4) is 11.6 Å². The van der Waals surface area contributed by atoms with Crippen molar-refractivity contribution in [2.45, 2.75) is 27.7 Å². The van der Waals surface area contributed by atoms with Gasteiger partial charge in [-0.3, -0.25) is 4.98 Å². The molecule has 1 aliphatic rings. The molecule has 15 heavy (non-hydrogen) atoms. The summed E-state index contributed by atoms with van der Waals surface area (Å²) in [5.74, 6) is 1.26. The van der Waals surface area contributed by atoms with Crippen molar-refractivity contribution in [2.24, 2.45) is 0 Å². The predicted octanol–water partition coefficient (Wildman–Crippen LogP) is -0.291. The molecule has 1 aliphatic heterocycles. The third-order valence-corrected chi connectivity index (χ3v) is 1.26. The molecule has 0 aliphatic carbocycles. The van der Waals surface area contributed by atoms with E-state index in [1.165, 1.54) is 0 Å². The van der Waals surface area contributed by atoms with Gasteiger partial charge in [-0.05, 0) is 0 Å². The first-order valence-electron chi connectivity index (χ1n) is 5.08. The minimum atomic E-state index is 0. The summed E-state index contributed by atoms with van der Waals surface area (Å²) in [4.78, 5) is 3.92. The Balaban J connectivity index is 0. The maximum absolute atomic E-state index is 5.20. The van der Waals surface area contributed by atoms with Crippen LogP contribution >= 0.6 is 0 Å². The van der Waals surface area contributed by atoms with Gasteiger partial charge >= 0.3 is 58.2 Å². The zero-order chi connectivity index (χ0) is 10.8. The number of hydrogen-bond donors (Lipinski definition) is 0. The normalized spacial score (nSPS) is 10.7. The van der Waals surface area contributed by atoms with Crippen LogP contribution in [0.25, 0.3) is 0 Å². The number of fused-ring (bicyclic) bond motifs is 1. The zero-order valence-electron chi connectivity index (χ0n) is 10.3. The zero-order valence-corrected chi connectivity index (χ0v) is 15.2. The summed E-state index contributed by atoms with van der Waals surface area (Å²) in [5, 5.41) is 0. The number of hydrogen-bond acceptors (Lipinski definition) is 3. The molecule has 1 aromatic rings. The van der Waals surface area contributed by atoms with Crippen LogP contribution in [0.4, 0.5) is 0 Å². The number of ether oxygens (including phenoxy) is 2. The molecule has 0 atom stereocenters. The van der Waals surface area contributed by atoms with Crippen molar-refractivity contribution in [2.75, 3.05) is 13.2 Å². The van der Waals surface area contributed by atoms with Crippen LogP contribution in [0, 0.1) is 6.07 Å². The molecule has 0 aromatic carbocycles. The Kier molecular flexibility index (Phi) is 15.1. The molecule has 0 fully saturated rings. The number of pyridine rings is 1. The molecule has 0 N–H and O–H groups in total. The maximum Gasteiger partial charge on any atom is 1.00 e. The van der Waals surface area contributed by atoms with Gasteiger partial charge in [0.05, 0.1) is 6.61 Å². The summed E-state index contributed by atoms with van der Waals surface area (Å²) < 4.78 is 10.4. The molecule has 0 spiro atoms. The third-order valence-electron chi connectivity index (χ3n) is 1.26. The molecule has 0 saturated heterocycles. The van der Waals surface area contributed by atoms with E-state index < -0.39 is 0 Å².